The van der Waals surface area contributed by atoms with Crippen LogP contribution in [0.5, 0.6) is 17.4 Å². The van der Waals surface area contributed by atoms with Gasteiger partial charge in [0.05, 0.1) is 42.8 Å². The monoisotopic (exact) mass is 660 g/mol. The van der Waals surface area contributed by atoms with Gasteiger partial charge in [0.15, 0.2) is 11.5 Å². The van der Waals surface area contributed by atoms with Crippen LogP contribution < -0.4 is 19.7 Å². The number of rotatable bonds is 10. The lowest BCUT2D eigenvalue weighted by molar-refractivity contribution is -0.143. The summed E-state index contributed by atoms with van der Waals surface area (Å²) in [6, 6.07) is 13.8. The van der Waals surface area contributed by atoms with Gasteiger partial charge in [0.1, 0.15) is 5.78 Å². The van der Waals surface area contributed by atoms with Crippen molar-refractivity contribution < 1.29 is 45.3 Å². The van der Waals surface area contributed by atoms with Crippen LogP contribution in [0.1, 0.15) is 27.8 Å². The fraction of sp³-hybridized carbons (Fsp3) is 0.303. The molecule has 248 valence electrons. The van der Waals surface area contributed by atoms with Crippen LogP contribution in [0.25, 0.3) is 0 Å². The molecule has 0 atom stereocenters. The standard InChI is InChI=1S/C33H30F6N4O4/c1-20-7-8-28(29(13-20)45-2)47-30-22(17-25(44)16-21-14-23(32(34,35)36)18-24(15-21)33(37,38)39)19-40-31(42-30)41-26-5-3-4-6-27(26)43-9-11-46-12-10-43/h3-8,13-15,18-19H,9-12,16-17H2,1-2H3,(H,40,41,42). The van der Waals surface area contributed by atoms with Crippen LogP contribution in [0.4, 0.5) is 43.7 Å². The number of nitrogens with one attached hydrogen (secondary N) is 1. The first-order chi connectivity index (χ1) is 22.3. The van der Waals surface area contributed by atoms with Gasteiger partial charge in [-0.05, 0) is 60.5 Å². The van der Waals surface area contributed by atoms with E-state index in [1.54, 1.807) is 18.2 Å². The molecule has 2 heterocycles. The van der Waals surface area contributed by atoms with Crippen molar-refractivity contribution in [3.05, 3.63) is 94.7 Å². The van der Waals surface area contributed by atoms with E-state index in [4.69, 9.17) is 14.2 Å². The fourth-order valence-electron chi connectivity index (χ4n) is 5.03. The van der Waals surface area contributed by atoms with Crippen LogP contribution in [0.15, 0.2) is 66.9 Å². The minimum Gasteiger partial charge on any atom is -0.493 e. The van der Waals surface area contributed by atoms with Crippen molar-refractivity contribution >= 4 is 23.1 Å². The van der Waals surface area contributed by atoms with E-state index in [1.807, 2.05) is 31.2 Å². The molecule has 0 bridgehead atoms. The highest BCUT2D eigenvalue weighted by Gasteiger charge is 2.37. The van der Waals surface area contributed by atoms with Crippen molar-refractivity contribution in [1.82, 2.24) is 9.97 Å². The number of halogens is 6. The zero-order chi connectivity index (χ0) is 33.8. The summed E-state index contributed by atoms with van der Waals surface area (Å²) in [5.74, 6) is 0.0206. The second-order valence-corrected chi connectivity index (χ2v) is 10.8. The van der Waals surface area contributed by atoms with E-state index >= 15 is 0 Å². The van der Waals surface area contributed by atoms with Crippen LogP contribution in [-0.2, 0) is 34.7 Å². The Labute approximate surface area is 266 Å². The number of hydrogen-bond donors (Lipinski definition) is 1. The van der Waals surface area contributed by atoms with E-state index in [9.17, 15) is 31.1 Å². The third-order valence-corrected chi connectivity index (χ3v) is 7.29. The highest BCUT2D eigenvalue weighted by Crippen LogP contribution is 2.37. The molecule has 0 unspecified atom stereocenters. The topological polar surface area (TPSA) is 85.8 Å². The van der Waals surface area contributed by atoms with Gasteiger partial charge in [-0.25, -0.2) is 4.98 Å². The molecular weight excluding hydrogens is 630 g/mol. The minimum atomic E-state index is -5.04. The van der Waals surface area contributed by atoms with Gasteiger partial charge in [-0.2, -0.15) is 31.3 Å². The molecule has 1 fully saturated rings. The molecule has 1 aliphatic rings. The van der Waals surface area contributed by atoms with E-state index in [2.05, 4.69) is 20.2 Å². The molecule has 14 heteroatoms. The lowest BCUT2D eigenvalue weighted by Crippen LogP contribution is -2.36. The number of morpholine rings is 1. The van der Waals surface area contributed by atoms with Crippen molar-refractivity contribution in [2.45, 2.75) is 32.1 Å². The maximum Gasteiger partial charge on any atom is 0.416 e. The number of carbonyl (C=O) groups is 1. The summed E-state index contributed by atoms with van der Waals surface area (Å²) >= 11 is 0. The first-order valence-electron chi connectivity index (χ1n) is 14.5. The molecule has 1 saturated heterocycles. The second kappa shape index (κ2) is 13.9. The zero-order valence-electron chi connectivity index (χ0n) is 25.3. The van der Waals surface area contributed by atoms with Gasteiger partial charge in [-0.3, -0.25) is 4.79 Å². The van der Waals surface area contributed by atoms with Gasteiger partial charge in [0.25, 0.3) is 0 Å². The Morgan fingerprint density at radius 3 is 2.26 bits per heavy atom. The SMILES string of the molecule is COc1cc(C)ccc1Oc1nc(Nc2ccccc2N2CCOCC2)ncc1CC(=O)Cc1cc(C(F)(F)F)cc(C(F)(F)F)c1. The van der Waals surface area contributed by atoms with Gasteiger partial charge in [-0.15, -0.1) is 0 Å². The summed E-state index contributed by atoms with van der Waals surface area (Å²) in [6.45, 7) is 4.36. The van der Waals surface area contributed by atoms with E-state index in [0.717, 1.165) is 11.3 Å². The summed E-state index contributed by atoms with van der Waals surface area (Å²) in [4.78, 5) is 24.1. The molecule has 0 aliphatic carbocycles. The van der Waals surface area contributed by atoms with Crippen molar-refractivity contribution in [2.75, 3.05) is 43.6 Å². The number of aryl methyl sites for hydroxylation is 1. The van der Waals surface area contributed by atoms with Crippen molar-refractivity contribution in [3.8, 4) is 17.4 Å². The molecule has 1 aromatic heterocycles. The summed E-state index contributed by atoms with van der Waals surface area (Å²) in [6.07, 6.45) is -9.89. The molecule has 8 nitrogen and oxygen atoms in total. The third-order valence-electron chi connectivity index (χ3n) is 7.29. The largest absolute Gasteiger partial charge is 0.493 e. The average molecular weight is 661 g/mol. The number of alkyl halides is 6. The molecule has 0 spiro atoms. The summed E-state index contributed by atoms with van der Waals surface area (Å²) in [7, 11) is 1.45. The van der Waals surface area contributed by atoms with E-state index < -0.39 is 47.7 Å². The Kier molecular flexibility index (Phi) is 9.89. The van der Waals surface area contributed by atoms with Crippen LogP contribution >= 0.6 is 0 Å². The second-order valence-electron chi connectivity index (χ2n) is 10.8. The van der Waals surface area contributed by atoms with Gasteiger partial charge in [0.2, 0.25) is 11.8 Å². The molecule has 0 amide bonds. The van der Waals surface area contributed by atoms with E-state index in [-0.39, 0.29) is 29.2 Å². The summed E-state index contributed by atoms with van der Waals surface area (Å²) < 4.78 is 97.3. The zero-order valence-corrected chi connectivity index (χ0v) is 25.3. The molecule has 4 aromatic rings. The first-order valence-corrected chi connectivity index (χ1v) is 14.5. The smallest absolute Gasteiger partial charge is 0.416 e. The lowest BCUT2D eigenvalue weighted by atomic mass is 9.99. The summed E-state index contributed by atoms with van der Waals surface area (Å²) in [5, 5.41) is 3.18. The Morgan fingerprint density at radius 2 is 1.60 bits per heavy atom. The Balaban J connectivity index is 1.46. The predicted octanol–water partition coefficient (Wildman–Crippen LogP) is 7.56. The maximum atomic E-state index is 13.4. The highest BCUT2D eigenvalue weighted by atomic mass is 19.4. The number of hydrogen-bond acceptors (Lipinski definition) is 8. The van der Waals surface area contributed by atoms with Crippen LogP contribution in [0, 0.1) is 6.92 Å². The predicted molar refractivity (Wildman–Crippen MR) is 161 cm³/mol. The number of Topliss-reactive ketones (excluding diaryl/α,β-unsaturated/α-hetero) is 1. The molecule has 1 N–H and O–H groups in total. The molecule has 1 aliphatic heterocycles. The number of carbonyl (C=O) groups excluding carboxylic acids is 1. The average Bonchev–Trinajstić information content (AvgIpc) is 3.02. The molecule has 5 rings (SSSR count). The number of methoxy groups -OCH3 is 1. The minimum absolute atomic E-state index is 0.0195. The number of aromatic nitrogens is 2. The first kappa shape index (κ1) is 33.5. The Bertz CT molecular complexity index is 1710. The van der Waals surface area contributed by atoms with Crippen LogP contribution in [0.2, 0.25) is 0 Å². The van der Waals surface area contributed by atoms with Gasteiger partial charge < -0.3 is 24.4 Å². The Hall–Kier alpha value is -4.85. The molecule has 0 radical (unpaired) electrons. The molecule has 47 heavy (non-hydrogen) atoms. The van der Waals surface area contributed by atoms with Crippen molar-refractivity contribution in [3.63, 3.8) is 0 Å². The number of anilines is 3. The normalized spacial score (nSPS) is 13.7. The van der Waals surface area contributed by atoms with Gasteiger partial charge in [-0.1, -0.05) is 18.2 Å². The molecular formula is C33H30F6N4O4. The number of nitrogens with zero attached hydrogens (tertiary/aromatic N) is 3. The maximum absolute atomic E-state index is 13.4. The summed E-state index contributed by atoms with van der Waals surface area (Å²) in [5.41, 5.74) is -0.800. The number of para-hydroxylation sites is 2. The highest BCUT2D eigenvalue weighted by molar-refractivity contribution is 5.84. The fourth-order valence-corrected chi connectivity index (χ4v) is 5.03. The van der Waals surface area contributed by atoms with E-state index in [1.165, 1.54) is 13.3 Å². The van der Waals surface area contributed by atoms with Crippen molar-refractivity contribution in [2.24, 2.45) is 0 Å². The lowest BCUT2D eigenvalue weighted by Gasteiger charge is -2.30. The van der Waals surface area contributed by atoms with Gasteiger partial charge >= 0.3 is 12.4 Å². The van der Waals surface area contributed by atoms with Gasteiger partial charge in [0, 0.05) is 37.7 Å². The number of ketones is 1. The molecule has 0 saturated carbocycles. The van der Waals surface area contributed by atoms with Crippen molar-refractivity contribution in [1.29, 1.82) is 0 Å². The van der Waals surface area contributed by atoms with E-state index in [0.29, 0.717) is 49.9 Å². The quantitative estimate of drug-likeness (QED) is 0.175. The number of benzene rings is 3. The Morgan fingerprint density at radius 1 is 0.915 bits per heavy atom. The van der Waals surface area contributed by atoms with Crippen LogP contribution in [-0.4, -0.2) is 49.2 Å². The third kappa shape index (κ3) is 8.50. The number of ether oxygens (including phenoxy) is 3. The van der Waals surface area contributed by atoms with Crippen LogP contribution in [0.3, 0.4) is 0 Å². The molecule has 3 aromatic carbocycles.